The van der Waals surface area contributed by atoms with Gasteiger partial charge in [0.2, 0.25) is 5.91 Å². The number of benzene rings is 1. The Balaban J connectivity index is 2.10. The van der Waals surface area contributed by atoms with Crippen LogP contribution < -0.4 is 16.6 Å². The van der Waals surface area contributed by atoms with E-state index in [-0.39, 0.29) is 25.0 Å². The second kappa shape index (κ2) is 10.4. The van der Waals surface area contributed by atoms with Gasteiger partial charge in [-0.2, -0.15) is 0 Å². The standard InChI is InChI=1S/C24H33N5O3/c1-5-19(6-2)26-20(30)15-29-23(31)21-22(25-16-27(21)13-12-17(3)4)28(24(29)32)14-18-10-8-7-9-11-18/h7-11,16-17,19H,5-6,12-15H2,1-4H3,(H,26,30). The molecule has 0 aliphatic rings. The molecule has 8 heteroatoms. The maximum atomic E-state index is 13.3. The first-order valence-electron chi connectivity index (χ1n) is 11.4. The second-order valence-corrected chi connectivity index (χ2v) is 8.62. The third-order valence-electron chi connectivity index (χ3n) is 5.77. The first-order valence-corrected chi connectivity index (χ1v) is 11.4. The topological polar surface area (TPSA) is 90.9 Å². The number of rotatable bonds is 10. The molecule has 8 nitrogen and oxygen atoms in total. The fourth-order valence-electron chi connectivity index (χ4n) is 3.76. The summed E-state index contributed by atoms with van der Waals surface area (Å²) in [5.74, 6) is 0.118. The zero-order chi connectivity index (χ0) is 23.3. The van der Waals surface area contributed by atoms with Crippen LogP contribution in [0.4, 0.5) is 0 Å². The third-order valence-corrected chi connectivity index (χ3v) is 5.77. The minimum Gasteiger partial charge on any atom is -0.352 e. The maximum absolute atomic E-state index is 13.3. The molecule has 3 rings (SSSR count). The van der Waals surface area contributed by atoms with Gasteiger partial charge in [-0.05, 0) is 30.7 Å². The van der Waals surface area contributed by atoms with Crippen LogP contribution in [0.5, 0.6) is 0 Å². The van der Waals surface area contributed by atoms with Gasteiger partial charge in [0.25, 0.3) is 5.56 Å². The smallest absolute Gasteiger partial charge is 0.333 e. The lowest BCUT2D eigenvalue weighted by Gasteiger charge is -2.16. The van der Waals surface area contributed by atoms with Crippen LogP contribution in [-0.2, 0) is 24.4 Å². The van der Waals surface area contributed by atoms with E-state index in [1.165, 1.54) is 4.57 Å². The van der Waals surface area contributed by atoms with E-state index in [0.29, 0.717) is 23.6 Å². The van der Waals surface area contributed by atoms with E-state index in [2.05, 4.69) is 24.1 Å². The third kappa shape index (κ3) is 5.18. The van der Waals surface area contributed by atoms with E-state index >= 15 is 0 Å². The Morgan fingerprint density at radius 3 is 2.38 bits per heavy atom. The van der Waals surface area contributed by atoms with Gasteiger partial charge in [-0.15, -0.1) is 0 Å². The summed E-state index contributed by atoms with van der Waals surface area (Å²) >= 11 is 0. The zero-order valence-corrected chi connectivity index (χ0v) is 19.4. The molecular formula is C24H33N5O3. The molecule has 32 heavy (non-hydrogen) atoms. The van der Waals surface area contributed by atoms with Crippen molar-refractivity contribution in [2.75, 3.05) is 0 Å². The van der Waals surface area contributed by atoms with Crippen molar-refractivity contribution in [1.29, 1.82) is 0 Å². The fraction of sp³-hybridized carbons (Fsp3) is 0.500. The molecule has 0 unspecified atom stereocenters. The van der Waals surface area contributed by atoms with Gasteiger partial charge in [-0.1, -0.05) is 58.0 Å². The van der Waals surface area contributed by atoms with Crippen LogP contribution in [0.15, 0.2) is 46.2 Å². The lowest BCUT2D eigenvalue weighted by molar-refractivity contribution is -0.122. The van der Waals surface area contributed by atoms with Crippen molar-refractivity contribution < 1.29 is 4.79 Å². The highest BCUT2D eigenvalue weighted by Gasteiger charge is 2.20. The molecule has 0 atom stereocenters. The van der Waals surface area contributed by atoms with Crippen LogP contribution in [-0.4, -0.2) is 30.6 Å². The molecule has 0 saturated carbocycles. The van der Waals surface area contributed by atoms with E-state index in [1.54, 1.807) is 10.9 Å². The van der Waals surface area contributed by atoms with Crippen LogP contribution in [0, 0.1) is 5.92 Å². The van der Waals surface area contributed by atoms with Crippen molar-refractivity contribution in [3.8, 4) is 0 Å². The molecule has 2 aromatic heterocycles. The number of fused-ring (bicyclic) bond motifs is 1. The van der Waals surface area contributed by atoms with Crippen molar-refractivity contribution in [1.82, 2.24) is 24.0 Å². The Morgan fingerprint density at radius 1 is 1.06 bits per heavy atom. The van der Waals surface area contributed by atoms with Crippen molar-refractivity contribution in [2.24, 2.45) is 5.92 Å². The van der Waals surface area contributed by atoms with Gasteiger partial charge in [0.05, 0.1) is 12.9 Å². The van der Waals surface area contributed by atoms with Gasteiger partial charge >= 0.3 is 5.69 Å². The monoisotopic (exact) mass is 439 g/mol. The first-order chi connectivity index (χ1) is 15.3. The molecule has 1 amide bonds. The number of carbonyl (C=O) groups excluding carboxylic acids is 1. The Bertz CT molecular complexity index is 1170. The number of amides is 1. The zero-order valence-electron chi connectivity index (χ0n) is 19.4. The fourth-order valence-corrected chi connectivity index (χ4v) is 3.76. The number of aryl methyl sites for hydroxylation is 1. The number of hydrogen-bond donors (Lipinski definition) is 1. The Hall–Kier alpha value is -3.16. The number of aromatic nitrogens is 4. The SMILES string of the molecule is CCC(CC)NC(=O)Cn1c(=O)c2c(ncn2CCC(C)C)n(Cc2ccccc2)c1=O. The molecule has 0 bridgehead atoms. The number of imidazole rings is 1. The molecule has 0 spiro atoms. The molecule has 0 saturated heterocycles. The summed E-state index contributed by atoms with van der Waals surface area (Å²) in [6.45, 7) is 8.79. The van der Waals surface area contributed by atoms with Gasteiger partial charge in [-0.25, -0.2) is 14.3 Å². The maximum Gasteiger partial charge on any atom is 0.333 e. The van der Waals surface area contributed by atoms with E-state index < -0.39 is 11.2 Å². The molecule has 2 heterocycles. The first kappa shape index (κ1) is 23.5. The van der Waals surface area contributed by atoms with Gasteiger partial charge < -0.3 is 9.88 Å². The largest absolute Gasteiger partial charge is 0.352 e. The average Bonchev–Trinajstić information content (AvgIpc) is 3.21. The Kier molecular flexibility index (Phi) is 7.66. The molecule has 1 aromatic carbocycles. The summed E-state index contributed by atoms with van der Waals surface area (Å²) in [4.78, 5) is 43.8. The number of nitrogens with one attached hydrogen (secondary N) is 1. The molecule has 0 fully saturated rings. The van der Waals surface area contributed by atoms with E-state index in [1.807, 2.05) is 44.2 Å². The summed E-state index contributed by atoms with van der Waals surface area (Å²) in [6.07, 6.45) is 4.06. The average molecular weight is 440 g/mol. The molecule has 0 aliphatic heterocycles. The minimum absolute atomic E-state index is 0.0186. The lowest BCUT2D eigenvalue weighted by Crippen LogP contribution is -2.46. The van der Waals surface area contributed by atoms with Gasteiger partial charge in [0.15, 0.2) is 11.2 Å². The highest BCUT2D eigenvalue weighted by molar-refractivity contribution is 5.77. The van der Waals surface area contributed by atoms with E-state index in [4.69, 9.17) is 0 Å². The van der Waals surface area contributed by atoms with Gasteiger partial charge in [0, 0.05) is 12.6 Å². The lowest BCUT2D eigenvalue weighted by atomic mass is 10.1. The predicted octanol–water partition coefficient (Wildman–Crippen LogP) is 2.76. The normalized spacial score (nSPS) is 11.6. The van der Waals surface area contributed by atoms with E-state index in [0.717, 1.165) is 29.4 Å². The Labute approximate surface area is 187 Å². The van der Waals surface area contributed by atoms with Crippen LogP contribution in [0.2, 0.25) is 0 Å². The van der Waals surface area contributed by atoms with Crippen molar-refractivity contribution in [3.05, 3.63) is 63.1 Å². The van der Waals surface area contributed by atoms with E-state index in [9.17, 15) is 14.4 Å². The Morgan fingerprint density at radius 2 is 1.75 bits per heavy atom. The number of nitrogens with zero attached hydrogens (tertiary/aromatic N) is 4. The minimum atomic E-state index is -0.528. The molecule has 172 valence electrons. The molecule has 0 aliphatic carbocycles. The summed E-state index contributed by atoms with van der Waals surface area (Å²) in [5, 5.41) is 2.92. The van der Waals surface area contributed by atoms with Gasteiger partial charge in [-0.3, -0.25) is 14.2 Å². The molecule has 0 radical (unpaired) electrons. The quantitative estimate of drug-likeness (QED) is 0.526. The van der Waals surface area contributed by atoms with Crippen LogP contribution >= 0.6 is 0 Å². The van der Waals surface area contributed by atoms with Crippen molar-refractivity contribution in [2.45, 2.75) is 72.6 Å². The van der Waals surface area contributed by atoms with Crippen molar-refractivity contribution in [3.63, 3.8) is 0 Å². The second-order valence-electron chi connectivity index (χ2n) is 8.62. The number of hydrogen-bond acceptors (Lipinski definition) is 4. The summed E-state index contributed by atoms with van der Waals surface area (Å²) < 4.78 is 4.33. The molecule has 1 N–H and O–H groups in total. The van der Waals surface area contributed by atoms with Crippen molar-refractivity contribution >= 4 is 17.1 Å². The van der Waals surface area contributed by atoms with Crippen LogP contribution in [0.25, 0.3) is 11.2 Å². The summed E-state index contributed by atoms with van der Waals surface area (Å²) in [5.41, 5.74) is 0.621. The highest BCUT2D eigenvalue weighted by Crippen LogP contribution is 2.12. The highest BCUT2D eigenvalue weighted by atomic mass is 16.2. The van der Waals surface area contributed by atoms with Gasteiger partial charge in [0.1, 0.15) is 6.54 Å². The predicted molar refractivity (Wildman–Crippen MR) is 126 cm³/mol. The van der Waals surface area contributed by atoms with Crippen LogP contribution in [0.1, 0.15) is 52.5 Å². The number of carbonyl (C=O) groups is 1. The summed E-state index contributed by atoms with van der Waals surface area (Å²) in [6, 6.07) is 9.57. The van der Waals surface area contributed by atoms with Crippen LogP contribution in [0.3, 0.4) is 0 Å². The summed E-state index contributed by atoms with van der Waals surface area (Å²) in [7, 11) is 0. The molecular weight excluding hydrogens is 406 g/mol. The molecule has 3 aromatic rings.